The smallest absolute Gasteiger partial charge is 0.150 e. The maximum atomic E-state index is 10.8. The summed E-state index contributed by atoms with van der Waals surface area (Å²) in [6, 6.07) is 15.9. The van der Waals surface area contributed by atoms with E-state index < -0.39 is 0 Å². The fourth-order valence-corrected chi connectivity index (χ4v) is 5.04. The summed E-state index contributed by atoms with van der Waals surface area (Å²) in [5.41, 5.74) is 2.96. The number of ether oxygens (including phenoxy) is 1. The SMILES string of the molecule is O=Cc1ccc(-c2ccc(OCCN3CCC(C4CCCCC4)CC3)cc2)cc1. The Kier molecular flexibility index (Phi) is 7.00. The van der Waals surface area contributed by atoms with Gasteiger partial charge in [-0.2, -0.15) is 0 Å². The van der Waals surface area contributed by atoms with Crippen LogP contribution in [-0.4, -0.2) is 37.4 Å². The van der Waals surface area contributed by atoms with Gasteiger partial charge < -0.3 is 4.74 Å². The fraction of sp³-hybridized carbons (Fsp3) is 0.500. The van der Waals surface area contributed by atoms with Gasteiger partial charge in [-0.3, -0.25) is 9.69 Å². The molecule has 2 aromatic carbocycles. The van der Waals surface area contributed by atoms with E-state index in [1.54, 1.807) is 0 Å². The molecule has 3 heteroatoms. The van der Waals surface area contributed by atoms with Crippen LogP contribution in [0.3, 0.4) is 0 Å². The third-order valence-electron chi connectivity index (χ3n) is 6.86. The lowest BCUT2D eigenvalue weighted by atomic mass is 9.76. The van der Waals surface area contributed by atoms with Crippen molar-refractivity contribution in [2.24, 2.45) is 11.8 Å². The van der Waals surface area contributed by atoms with Crippen LogP contribution in [0.25, 0.3) is 11.1 Å². The van der Waals surface area contributed by atoms with E-state index in [0.29, 0.717) is 5.56 Å². The number of piperidine rings is 1. The summed E-state index contributed by atoms with van der Waals surface area (Å²) in [5, 5.41) is 0. The van der Waals surface area contributed by atoms with Gasteiger partial charge in [-0.05, 0) is 61.0 Å². The number of carbonyl (C=O) groups is 1. The molecule has 1 aliphatic carbocycles. The summed E-state index contributed by atoms with van der Waals surface area (Å²) in [6.07, 6.45) is 11.0. The zero-order valence-electron chi connectivity index (χ0n) is 17.4. The molecule has 0 N–H and O–H groups in total. The Hall–Kier alpha value is -2.13. The molecule has 29 heavy (non-hydrogen) atoms. The number of hydrogen-bond donors (Lipinski definition) is 0. The normalized spacial score (nSPS) is 19.2. The third-order valence-corrected chi connectivity index (χ3v) is 6.86. The first kappa shape index (κ1) is 20.2. The van der Waals surface area contributed by atoms with E-state index in [2.05, 4.69) is 17.0 Å². The highest BCUT2D eigenvalue weighted by Gasteiger charge is 2.27. The predicted molar refractivity (Wildman–Crippen MR) is 118 cm³/mol. The van der Waals surface area contributed by atoms with Crippen LogP contribution in [0.5, 0.6) is 5.75 Å². The van der Waals surface area contributed by atoms with Crippen molar-refractivity contribution in [3.05, 3.63) is 54.1 Å². The first-order chi connectivity index (χ1) is 14.3. The molecule has 1 saturated carbocycles. The predicted octanol–water partition coefficient (Wildman–Crippen LogP) is 5.84. The lowest BCUT2D eigenvalue weighted by Crippen LogP contribution is -2.38. The second-order valence-corrected chi connectivity index (χ2v) is 8.69. The molecule has 0 atom stereocenters. The lowest BCUT2D eigenvalue weighted by Gasteiger charge is -2.37. The van der Waals surface area contributed by atoms with Crippen molar-refractivity contribution in [1.29, 1.82) is 0 Å². The summed E-state index contributed by atoms with van der Waals surface area (Å²) in [7, 11) is 0. The number of hydrogen-bond acceptors (Lipinski definition) is 3. The minimum absolute atomic E-state index is 0.705. The number of benzene rings is 2. The maximum absolute atomic E-state index is 10.8. The number of carbonyl (C=O) groups excluding carboxylic acids is 1. The summed E-state index contributed by atoms with van der Waals surface area (Å²) >= 11 is 0. The van der Waals surface area contributed by atoms with Crippen LogP contribution in [0.2, 0.25) is 0 Å². The van der Waals surface area contributed by atoms with Gasteiger partial charge in [0.05, 0.1) is 0 Å². The average molecular weight is 392 g/mol. The molecular formula is C26H33NO2. The topological polar surface area (TPSA) is 29.5 Å². The molecule has 1 saturated heterocycles. The zero-order chi connectivity index (χ0) is 19.9. The Balaban J connectivity index is 1.19. The molecule has 0 radical (unpaired) electrons. The van der Waals surface area contributed by atoms with Gasteiger partial charge in [-0.25, -0.2) is 0 Å². The molecule has 4 rings (SSSR count). The highest BCUT2D eigenvalue weighted by atomic mass is 16.5. The van der Waals surface area contributed by atoms with Gasteiger partial charge >= 0.3 is 0 Å². The molecule has 0 bridgehead atoms. The van der Waals surface area contributed by atoms with Crippen molar-refractivity contribution in [3.8, 4) is 16.9 Å². The van der Waals surface area contributed by atoms with Crippen LogP contribution in [0.4, 0.5) is 0 Å². The monoisotopic (exact) mass is 391 g/mol. The molecular weight excluding hydrogens is 358 g/mol. The van der Waals surface area contributed by atoms with Crippen LogP contribution >= 0.6 is 0 Å². The summed E-state index contributed by atoms with van der Waals surface area (Å²) in [4.78, 5) is 13.4. The van der Waals surface area contributed by atoms with Gasteiger partial charge in [0.2, 0.25) is 0 Å². The van der Waals surface area contributed by atoms with Gasteiger partial charge in [0, 0.05) is 12.1 Å². The third kappa shape index (κ3) is 5.48. The maximum Gasteiger partial charge on any atom is 0.150 e. The Morgan fingerprint density at radius 2 is 1.38 bits per heavy atom. The molecule has 3 nitrogen and oxygen atoms in total. The quantitative estimate of drug-likeness (QED) is 0.556. The van der Waals surface area contributed by atoms with Gasteiger partial charge in [0.15, 0.2) is 0 Å². The van der Waals surface area contributed by atoms with Gasteiger partial charge in [0.1, 0.15) is 18.6 Å². The highest BCUT2D eigenvalue weighted by Crippen LogP contribution is 2.35. The van der Waals surface area contributed by atoms with Crippen LogP contribution in [-0.2, 0) is 0 Å². The Morgan fingerprint density at radius 1 is 0.793 bits per heavy atom. The number of aldehydes is 1. The Labute approximate surface area is 175 Å². The second-order valence-electron chi connectivity index (χ2n) is 8.69. The zero-order valence-corrected chi connectivity index (χ0v) is 17.4. The standard InChI is InChI=1S/C26H33NO2/c28-20-21-6-8-23(9-7-21)24-10-12-26(13-11-24)29-19-18-27-16-14-25(15-17-27)22-4-2-1-3-5-22/h6-13,20,22,25H,1-5,14-19H2. The summed E-state index contributed by atoms with van der Waals surface area (Å²) in [5.74, 6) is 2.91. The number of rotatable bonds is 7. The molecule has 1 aliphatic heterocycles. The average Bonchev–Trinajstić information content (AvgIpc) is 2.81. The highest BCUT2D eigenvalue weighted by molar-refractivity contribution is 5.77. The van der Waals surface area contributed by atoms with E-state index in [-0.39, 0.29) is 0 Å². The molecule has 2 fully saturated rings. The Morgan fingerprint density at radius 3 is 2.00 bits per heavy atom. The van der Waals surface area contributed by atoms with E-state index >= 15 is 0 Å². The van der Waals surface area contributed by atoms with Crippen LogP contribution < -0.4 is 4.74 Å². The van der Waals surface area contributed by atoms with Crippen LogP contribution in [0.1, 0.15) is 55.3 Å². The van der Waals surface area contributed by atoms with Crippen molar-refractivity contribution >= 4 is 6.29 Å². The molecule has 0 spiro atoms. The minimum atomic E-state index is 0.705. The van der Waals surface area contributed by atoms with Crippen molar-refractivity contribution in [1.82, 2.24) is 4.90 Å². The largest absolute Gasteiger partial charge is 0.492 e. The van der Waals surface area contributed by atoms with Crippen molar-refractivity contribution in [2.45, 2.75) is 44.9 Å². The van der Waals surface area contributed by atoms with Crippen molar-refractivity contribution in [2.75, 3.05) is 26.2 Å². The molecule has 154 valence electrons. The van der Waals surface area contributed by atoms with Gasteiger partial charge in [-0.15, -0.1) is 0 Å². The van der Waals surface area contributed by atoms with E-state index in [9.17, 15) is 4.79 Å². The minimum Gasteiger partial charge on any atom is -0.492 e. The lowest BCUT2D eigenvalue weighted by molar-refractivity contribution is 0.112. The fourth-order valence-electron chi connectivity index (χ4n) is 5.04. The number of likely N-dealkylation sites (tertiary alicyclic amines) is 1. The molecule has 0 unspecified atom stereocenters. The van der Waals surface area contributed by atoms with E-state index in [4.69, 9.17) is 4.74 Å². The summed E-state index contributed by atoms with van der Waals surface area (Å²) in [6.45, 7) is 4.24. The Bertz CT molecular complexity index is 754. The van der Waals surface area contributed by atoms with Gasteiger partial charge in [-0.1, -0.05) is 68.5 Å². The van der Waals surface area contributed by atoms with Crippen molar-refractivity contribution in [3.63, 3.8) is 0 Å². The molecule has 2 aromatic rings. The first-order valence-corrected chi connectivity index (χ1v) is 11.3. The van der Waals surface area contributed by atoms with Crippen molar-refractivity contribution < 1.29 is 9.53 Å². The second kappa shape index (κ2) is 10.1. The molecule has 2 aliphatic rings. The summed E-state index contributed by atoms with van der Waals surface area (Å²) < 4.78 is 5.99. The molecule has 0 amide bonds. The number of nitrogens with zero attached hydrogens (tertiary/aromatic N) is 1. The van der Waals surface area contributed by atoms with Crippen LogP contribution in [0, 0.1) is 11.8 Å². The van der Waals surface area contributed by atoms with E-state index in [1.807, 2.05) is 36.4 Å². The van der Waals surface area contributed by atoms with Crippen LogP contribution in [0.15, 0.2) is 48.5 Å². The van der Waals surface area contributed by atoms with E-state index in [0.717, 1.165) is 48.2 Å². The first-order valence-electron chi connectivity index (χ1n) is 11.3. The van der Waals surface area contributed by atoms with E-state index in [1.165, 1.54) is 58.0 Å². The molecule has 0 aromatic heterocycles. The molecule has 1 heterocycles. The van der Waals surface area contributed by atoms with Gasteiger partial charge in [0.25, 0.3) is 0 Å².